The topological polar surface area (TPSA) is 62.2 Å². The van der Waals surface area contributed by atoms with Crippen molar-refractivity contribution >= 4 is 11.4 Å². The molecule has 3 aromatic carbocycles. The Morgan fingerprint density at radius 2 is 1.50 bits per heavy atom. The van der Waals surface area contributed by atoms with E-state index in [1.807, 2.05) is 36.4 Å². The van der Waals surface area contributed by atoms with Gasteiger partial charge in [0.2, 0.25) is 0 Å². The number of aryl methyl sites for hydroxylation is 1. The molecule has 0 fully saturated rings. The minimum atomic E-state index is -0.868. The van der Waals surface area contributed by atoms with Crippen LogP contribution < -0.4 is 14.4 Å². The SMILES string of the molecule is Cc1ccc(N(C2=CCC(C)C=C2)c2ccc(OCCc3ccc(OCC(O)CO)cc3)cc2)cc1. The van der Waals surface area contributed by atoms with Crippen molar-refractivity contribution in [2.24, 2.45) is 5.92 Å². The summed E-state index contributed by atoms with van der Waals surface area (Å²) in [7, 11) is 0. The van der Waals surface area contributed by atoms with E-state index in [2.05, 4.69) is 73.4 Å². The molecule has 0 heterocycles. The summed E-state index contributed by atoms with van der Waals surface area (Å²) in [5.74, 6) is 2.06. The maximum Gasteiger partial charge on any atom is 0.119 e. The first-order valence-corrected chi connectivity index (χ1v) is 12.5. The minimum Gasteiger partial charge on any atom is -0.493 e. The van der Waals surface area contributed by atoms with Crippen LogP contribution in [0.4, 0.5) is 11.4 Å². The van der Waals surface area contributed by atoms with Crippen molar-refractivity contribution in [1.29, 1.82) is 0 Å². The van der Waals surface area contributed by atoms with Crippen molar-refractivity contribution < 1.29 is 19.7 Å². The quantitative estimate of drug-likeness (QED) is 0.351. The predicted molar refractivity (Wildman–Crippen MR) is 145 cm³/mol. The average molecular weight is 486 g/mol. The lowest BCUT2D eigenvalue weighted by Gasteiger charge is -2.28. The lowest BCUT2D eigenvalue weighted by Crippen LogP contribution is -2.21. The Hall–Kier alpha value is -3.54. The molecule has 0 amide bonds. The van der Waals surface area contributed by atoms with E-state index in [1.54, 1.807) is 0 Å². The van der Waals surface area contributed by atoms with Gasteiger partial charge < -0.3 is 24.6 Å². The van der Waals surface area contributed by atoms with E-state index in [0.717, 1.165) is 35.5 Å². The van der Waals surface area contributed by atoms with Crippen molar-refractivity contribution in [3.05, 3.63) is 108 Å². The Bertz CT molecular complexity index is 1150. The van der Waals surface area contributed by atoms with Crippen LogP contribution in [0.15, 0.2) is 96.7 Å². The summed E-state index contributed by atoms with van der Waals surface area (Å²) in [6, 6.07) is 24.6. The lowest BCUT2D eigenvalue weighted by molar-refractivity contribution is 0.0536. The molecule has 2 unspecified atom stereocenters. The van der Waals surface area contributed by atoms with E-state index >= 15 is 0 Å². The summed E-state index contributed by atoms with van der Waals surface area (Å²) in [6.45, 7) is 4.67. The second kappa shape index (κ2) is 12.4. The van der Waals surface area contributed by atoms with Crippen LogP contribution in [-0.4, -0.2) is 36.1 Å². The number of benzene rings is 3. The third-order valence-corrected chi connectivity index (χ3v) is 6.18. The first-order chi connectivity index (χ1) is 17.5. The summed E-state index contributed by atoms with van der Waals surface area (Å²) in [5.41, 5.74) is 5.80. The standard InChI is InChI=1S/C31H35NO4/c1-23-3-9-26(10-4-23)32(27-11-5-24(2)6-12-27)28-13-17-30(18-14-28)35-20-19-25-7-15-31(16-8-25)36-22-29(34)21-33/h3-5,7-18,24,29,33-34H,6,19-22H2,1-2H3. The second-order valence-corrected chi connectivity index (χ2v) is 9.26. The van der Waals surface area contributed by atoms with Gasteiger partial charge in [-0.1, -0.05) is 48.9 Å². The van der Waals surface area contributed by atoms with Gasteiger partial charge in [-0.2, -0.15) is 0 Å². The average Bonchev–Trinajstić information content (AvgIpc) is 2.91. The highest BCUT2D eigenvalue weighted by Crippen LogP contribution is 2.34. The third-order valence-electron chi connectivity index (χ3n) is 6.18. The molecule has 1 aliphatic carbocycles. The molecule has 0 radical (unpaired) electrons. The van der Waals surface area contributed by atoms with Gasteiger partial charge in [0.15, 0.2) is 0 Å². The van der Waals surface area contributed by atoms with Crippen LogP contribution >= 0.6 is 0 Å². The number of anilines is 2. The fourth-order valence-corrected chi connectivity index (χ4v) is 4.00. The van der Waals surface area contributed by atoms with Crippen LogP contribution in [0.25, 0.3) is 0 Å². The Balaban J connectivity index is 1.37. The van der Waals surface area contributed by atoms with Crippen molar-refractivity contribution in [2.45, 2.75) is 32.8 Å². The zero-order valence-corrected chi connectivity index (χ0v) is 21.0. The van der Waals surface area contributed by atoms with Gasteiger partial charge >= 0.3 is 0 Å². The predicted octanol–water partition coefficient (Wildman–Crippen LogP) is 5.97. The summed E-state index contributed by atoms with van der Waals surface area (Å²) >= 11 is 0. The molecule has 0 spiro atoms. The number of rotatable bonds is 11. The molecular weight excluding hydrogens is 450 g/mol. The van der Waals surface area contributed by atoms with Gasteiger partial charge in [-0.05, 0) is 79.4 Å². The monoisotopic (exact) mass is 485 g/mol. The van der Waals surface area contributed by atoms with E-state index in [1.165, 1.54) is 11.3 Å². The van der Waals surface area contributed by atoms with E-state index in [4.69, 9.17) is 14.6 Å². The van der Waals surface area contributed by atoms with Gasteiger partial charge in [-0.25, -0.2) is 0 Å². The Kier molecular flexibility index (Phi) is 8.82. The van der Waals surface area contributed by atoms with Crippen LogP contribution in [0, 0.1) is 12.8 Å². The third kappa shape index (κ3) is 7.00. The summed E-state index contributed by atoms with van der Waals surface area (Å²) < 4.78 is 11.5. The molecule has 4 rings (SSSR count). The van der Waals surface area contributed by atoms with Gasteiger partial charge in [0.05, 0.1) is 13.2 Å². The van der Waals surface area contributed by atoms with E-state index in [-0.39, 0.29) is 13.2 Å². The normalized spacial score (nSPS) is 15.8. The van der Waals surface area contributed by atoms with Crippen LogP contribution in [0.2, 0.25) is 0 Å². The molecule has 0 saturated carbocycles. The molecule has 0 bridgehead atoms. The molecule has 0 aromatic heterocycles. The number of allylic oxidation sites excluding steroid dienone is 3. The van der Waals surface area contributed by atoms with Gasteiger partial charge in [-0.3, -0.25) is 0 Å². The molecule has 2 N–H and O–H groups in total. The number of aliphatic hydroxyl groups is 2. The maximum atomic E-state index is 9.39. The van der Waals surface area contributed by atoms with Crippen LogP contribution in [0.5, 0.6) is 11.5 Å². The van der Waals surface area contributed by atoms with Crippen LogP contribution in [-0.2, 0) is 6.42 Å². The van der Waals surface area contributed by atoms with Crippen molar-refractivity contribution in [1.82, 2.24) is 0 Å². The van der Waals surface area contributed by atoms with Crippen molar-refractivity contribution in [3.63, 3.8) is 0 Å². The van der Waals surface area contributed by atoms with Gasteiger partial charge in [0, 0.05) is 23.5 Å². The number of ether oxygens (including phenoxy) is 2. The molecule has 0 saturated heterocycles. The molecule has 188 valence electrons. The summed E-state index contributed by atoms with van der Waals surface area (Å²) in [6.07, 6.45) is 7.72. The molecule has 2 atom stereocenters. The molecule has 0 aliphatic heterocycles. The van der Waals surface area contributed by atoms with Crippen LogP contribution in [0.1, 0.15) is 24.5 Å². The number of nitrogens with zero attached hydrogens (tertiary/aromatic N) is 1. The number of aliphatic hydroxyl groups excluding tert-OH is 2. The highest BCUT2D eigenvalue weighted by Gasteiger charge is 2.16. The molecule has 5 heteroatoms. The lowest BCUT2D eigenvalue weighted by atomic mass is 10.0. The second-order valence-electron chi connectivity index (χ2n) is 9.26. The maximum absolute atomic E-state index is 9.39. The molecule has 3 aromatic rings. The van der Waals surface area contributed by atoms with Gasteiger partial charge in [0.1, 0.15) is 24.2 Å². The Labute approximate surface area is 213 Å². The van der Waals surface area contributed by atoms with Gasteiger partial charge in [-0.15, -0.1) is 0 Å². The zero-order chi connectivity index (χ0) is 25.3. The highest BCUT2D eigenvalue weighted by atomic mass is 16.5. The van der Waals surface area contributed by atoms with E-state index in [9.17, 15) is 5.11 Å². The van der Waals surface area contributed by atoms with Crippen LogP contribution in [0.3, 0.4) is 0 Å². The van der Waals surface area contributed by atoms with Gasteiger partial charge in [0.25, 0.3) is 0 Å². The van der Waals surface area contributed by atoms with Crippen molar-refractivity contribution in [2.75, 3.05) is 24.7 Å². The van der Waals surface area contributed by atoms with E-state index < -0.39 is 6.10 Å². The highest BCUT2D eigenvalue weighted by molar-refractivity contribution is 5.71. The number of hydrogen-bond acceptors (Lipinski definition) is 5. The molecule has 5 nitrogen and oxygen atoms in total. The van der Waals surface area contributed by atoms with Crippen molar-refractivity contribution in [3.8, 4) is 11.5 Å². The zero-order valence-electron chi connectivity index (χ0n) is 21.0. The van der Waals surface area contributed by atoms with E-state index in [0.29, 0.717) is 18.3 Å². The number of hydrogen-bond donors (Lipinski definition) is 2. The molecule has 1 aliphatic rings. The first kappa shape index (κ1) is 25.5. The first-order valence-electron chi connectivity index (χ1n) is 12.5. The Morgan fingerprint density at radius 3 is 2.11 bits per heavy atom. The fraction of sp³-hybridized carbons (Fsp3) is 0.290. The Morgan fingerprint density at radius 1 is 0.889 bits per heavy atom. The minimum absolute atomic E-state index is 0.0724. The molecule has 36 heavy (non-hydrogen) atoms. The molecular formula is C31H35NO4. The summed E-state index contributed by atoms with van der Waals surface area (Å²) in [4.78, 5) is 2.29. The smallest absolute Gasteiger partial charge is 0.119 e. The fourth-order valence-electron chi connectivity index (χ4n) is 4.00. The largest absolute Gasteiger partial charge is 0.493 e. The summed E-state index contributed by atoms with van der Waals surface area (Å²) in [5, 5.41) is 18.3.